The largest absolute Gasteiger partial charge is 0.497 e. The van der Waals surface area contributed by atoms with Crippen LogP contribution in [0.25, 0.3) is 0 Å². The Balaban J connectivity index is 2.49. The lowest BCUT2D eigenvalue weighted by atomic mass is 9.98. The van der Waals surface area contributed by atoms with E-state index in [9.17, 15) is 4.79 Å². The molecule has 0 aliphatic rings. The van der Waals surface area contributed by atoms with Gasteiger partial charge in [-0.1, -0.05) is 32.4 Å². The Labute approximate surface area is 97.6 Å². The number of rotatable bonds is 6. The van der Waals surface area contributed by atoms with Crippen LogP contribution in [0, 0.1) is 5.92 Å². The van der Waals surface area contributed by atoms with Crippen LogP contribution in [0.5, 0.6) is 5.75 Å². The van der Waals surface area contributed by atoms with Gasteiger partial charge in [-0.15, -0.1) is 0 Å². The highest BCUT2D eigenvalue weighted by molar-refractivity contribution is 5.81. The predicted molar refractivity (Wildman–Crippen MR) is 65.8 cm³/mol. The highest BCUT2D eigenvalue weighted by Crippen LogP contribution is 2.14. The molecule has 2 heteroatoms. The number of hydrogen-bond donors (Lipinski definition) is 0. The molecule has 0 aliphatic carbocycles. The van der Waals surface area contributed by atoms with E-state index in [1.165, 1.54) is 0 Å². The van der Waals surface area contributed by atoms with Crippen LogP contribution in [-0.2, 0) is 11.2 Å². The van der Waals surface area contributed by atoms with Crippen molar-refractivity contribution in [3.63, 3.8) is 0 Å². The molecule has 88 valence electrons. The van der Waals surface area contributed by atoms with Crippen LogP contribution in [0.1, 0.15) is 32.3 Å². The molecule has 0 heterocycles. The van der Waals surface area contributed by atoms with Crippen molar-refractivity contribution in [3.8, 4) is 5.75 Å². The highest BCUT2D eigenvalue weighted by atomic mass is 16.5. The minimum absolute atomic E-state index is 0.319. The number of ketones is 1. The normalized spacial score (nSPS) is 12.2. The number of methoxy groups -OCH3 is 1. The van der Waals surface area contributed by atoms with Crippen molar-refractivity contribution in [1.29, 1.82) is 0 Å². The van der Waals surface area contributed by atoms with Gasteiger partial charge in [-0.25, -0.2) is 0 Å². The molecule has 0 aliphatic heterocycles. The van der Waals surface area contributed by atoms with Crippen molar-refractivity contribution >= 4 is 5.78 Å². The summed E-state index contributed by atoms with van der Waals surface area (Å²) in [5.41, 5.74) is 1.06. The van der Waals surface area contributed by atoms with E-state index in [1.807, 2.05) is 24.3 Å². The first-order chi connectivity index (χ1) is 7.65. The maximum Gasteiger partial charge on any atom is 0.137 e. The summed E-state index contributed by atoms with van der Waals surface area (Å²) in [7, 11) is 1.64. The SMILES string of the molecule is CCC(C)CC(=O)Cc1ccc(OC)cc1. The Bertz CT molecular complexity index is 327. The summed E-state index contributed by atoms with van der Waals surface area (Å²) in [4.78, 5) is 11.7. The number of Topliss-reactive ketones (excluding diaryl/α,β-unsaturated/α-hetero) is 1. The number of benzene rings is 1. The van der Waals surface area contributed by atoms with Gasteiger partial charge in [0.1, 0.15) is 11.5 Å². The first-order valence-corrected chi connectivity index (χ1v) is 5.80. The molecule has 0 aromatic heterocycles. The van der Waals surface area contributed by atoms with Gasteiger partial charge in [0.05, 0.1) is 7.11 Å². The summed E-state index contributed by atoms with van der Waals surface area (Å²) in [6.45, 7) is 4.23. The number of carbonyl (C=O) groups is 1. The van der Waals surface area contributed by atoms with Gasteiger partial charge in [-0.2, -0.15) is 0 Å². The van der Waals surface area contributed by atoms with E-state index >= 15 is 0 Å². The summed E-state index contributed by atoms with van der Waals surface area (Å²) in [6.07, 6.45) is 2.28. The van der Waals surface area contributed by atoms with Crippen LogP contribution >= 0.6 is 0 Å². The van der Waals surface area contributed by atoms with Crippen LogP contribution in [0.15, 0.2) is 24.3 Å². The molecule has 0 saturated heterocycles. The molecule has 0 N–H and O–H groups in total. The fourth-order valence-corrected chi connectivity index (χ4v) is 1.58. The van der Waals surface area contributed by atoms with Crippen LogP contribution in [0.3, 0.4) is 0 Å². The zero-order valence-corrected chi connectivity index (χ0v) is 10.3. The van der Waals surface area contributed by atoms with E-state index in [2.05, 4.69) is 13.8 Å². The average Bonchev–Trinajstić information content (AvgIpc) is 2.29. The topological polar surface area (TPSA) is 26.3 Å². The lowest BCUT2D eigenvalue weighted by molar-refractivity contribution is -0.119. The molecule has 0 saturated carbocycles. The second-order valence-corrected chi connectivity index (χ2v) is 4.28. The Hall–Kier alpha value is -1.31. The zero-order chi connectivity index (χ0) is 12.0. The average molecular weight is 220 g/mol. The Morgan fingerprint density at radius 3 is 2.44 bits per heavy atom. The molecular weight excluding hydrogens is 200 g/mol. The van der Waals surface area contributed by atoms with Gasteiger partial charge in [0.2, 0.25) is 0 Å². The van der Waals surface area contributed by atoms with Crippen molar-refractivity contribution in [2.75, 3.05) is 7.11 Å². The van der Waals surface area contributed by atoms with Crippen molar-refractivity contribution in [1.82, 2.24) is 0 Å². The maximum absolute atomic E-state index is 11.7. The molecule has 0 fully saturated rings. The van der Waals surface area contributed by atoms with Crippen LogP contribution in [0.4, 0.5) is 0 Å². The maximum atomic E-state index is 11.7. The van der Waals surface area contributed by atoms with Gasteiger partial charge in [0.15, 0.2) is 0 Å². The second-order valence-electron chi connectivity index (χ2n) is 4.28. The van der Waals surface area contributed by atoms with E-state index in [-0.39, 0.29) is 0 Å². The molecule has 1 aromatic rings. The third-order valence-corrected chi connectivity index (χ3v) is 2.83. The fraction of sp³-hybridized carbons (Fsp3) is 0.500. The minimum Gasteiger partial charge on any atom is -0.497 e. The van der Waals surface area contributed by atoms with Gasteiger partial charge in [0, 0.05) is 12.8 Å². The minimum atomic E-state index is 0.319. The summed E-state index contributed by atoms with van der Waals surface area (Å²) in [5, 5.41) is 0. The number of ether oxygens (including phenoxy) is 1. The summed E-state index contributed by atoms with van der Waals surface area (Å²) in [5.74, 6) is 1.64. The van der Waals surface area contributed by atoms with Crippen LogP contribution in [-0.4, -0.2) is 12.9 Å². The second kappa shape index (κ2) is 6.31. The molecule has 1 rings (SSSR count). The van der Waals surface area contributed by atoms with Crippen molar-refractivity contribution in [2.45, 2.75) is 33.1 Å². The lowest BCUT2D eigenvalue weighted by Gasteiger charge is -2.07. The molecule has 0 spiro atoms. The van der Waals surface area contributed by atoms with E-state index in [0.29, 0.717) is 24.5 Å². The summed E-state index contributed by atoms with van der Waals surface area (Å²) < 4.78 is 5.07. The first kappa shape index (κ1) is 12.8. The molecule has 16 heavy (non-hydrogen) atoms. The van der Waals surface area contributed by atoms with Crippen LogP contribution in [0.2, 0.25) is 0 Å². The smallest absolute Gasteiger partial charge is 0.137 e. The third-order valence-electron chi connectivity index (χ3n) is 2.83. The fourth-order valence-electron chi connectivity index (χ4n) is 1.58. The molecule has 1 aromatic carbocycles. The van der Waals surface area contributed by atoms with Crippen molar-refractivity contribution < 1.29 is 9.53 Å². The van der Waals surface area contributed by atoms with Crippen molar-refractivity contribution in [2.24, 2.45) is 5.92 Å². The Kier molecular flexibility index (Phi) is 5.03. The molecule has 1 unspecified atom stereocenters. The van der Waals surface area contributed by atoms with E-state index < -0.39 is 0 Å². The van der Waals surface area contributed by atoms with Crippen LogP contribution < -0.4 is 4.74 Å². The van der Waals surface area contributed by atoms with E-state index in [4.69, 9.17) is 4.74 Å². The van der Waals surface area contributed by atoms with Crippen molar-refractivity contribution in [3.05, 3.63) is 29.8 Å². The third kappa shape index (κ3) is 4.05. The zero-order valence-electron chi connectivity index (χ0n) is 10.3. The number of hydrogen-bond acceptors (Lipinski definition) is 2. The number of carbonyl (C=O) groups excluding carboxylic acids is 1. The van der Waals surface area contributed by atoms with Gasteiger partial charge < -0.3 is 4.74 Å². The standard InChI is InChI=1S/C14H20O2/c1-4-11(2)9-13(15)10-12-5-7-14(16-3)8-6-12/h5-8,11H,4,9-10H2,1-3H3. The first-order valence-electron chi connectivity index (χ1n) is 5.80. The highest BCUT2D eigenvalue weighted by Gasteiger charge is 2.08. The molecule has 0 bridgehead atoms. The summed E-state index contributed by atoms with van der Waals surface area (Å²) in [6, 6.07) is 7.69. The van der Waals surface area contributed by atoms with E-state index in [0.717, 1.165) is 17.7 Å². The van der Waals surface area contributed by atoms with Gasteiger partial charge in [-0.3, -0.25) is 4.79 Å². The monoisotopic (exact) mass is 220 g/mol. The molecule has 2 nitrogen and oxygen atoms in total. The lowest BCUT2D eigenvalue weighted by Crippen LogP contribution is -2.07. The molecular formula is C14H20O2. The Morgan fingerprint density at radius 1 is 1.31 bits per heavy atom. The van der Waals surface area contributed by atoms with Gasteiger partial charge in [-0.05, 0) is 23.6 Å². The van der Waals surface area contributed by atoms with Gasteiger partial charge in [0.25, 0.3) is 0 Å². The summed E-state index contributed by atoms with van der Waals surface area (Å²) >= 11 is 0. The molecule has 1 atom stereocenters. The molecule has 0 amide bonds. The van der Waals surface area contributed by atoms with Gasteiger partial charge >= 0.3 is 0 Å². The quantitative estimate of drug-likeness (QED) is 0.735. The Morgan fingerprint density at radius 2 is 1.94 bits per heavy atom. The molecule has 0 radical (unpaired) electrons. The predicted octanol–water partition coefficient (Wildman–Crippen LogP) is 3.24. The van der Waals surface area contributed by atoms with E-state index in [1.54, 1.807) is 7.11 Å².